The molecule has 2 fully saturated rings. The number of hydrogen-bond donors (Lipinski definition) is 2. The van der Waals surface area contributed by atoms with Crippen molar-refractivity contribution in [2.75, 3.05) is 31.1 Å². The van der Waals surface area contributed by atoms with Gasteiger partial charge in [-0.3, -0.25) is 4.79 Å². The van der Waals surface area contributed by atoms with E-state index in [4.69, 9.17) is 11.6 Å². The van der Waals surface area contributed by atoms with Gasteiger partial charge in [0.2, 0.25) is 5.91 Å². The number of carbonyl (C=O) groups is 1. The third-order valence-electron chi connectivity index (χ3n) is 4.41. The third kappa shape index (κ3) is 3.67. The first kappa shape index (κ1) is 15.5. The average molecular weight is 324 g/mol. The summed E-state index contributed by atoms with van der Waals surface area (Å²) in [6, 6.07) is -0.00370. The van der Waals surface area contributed by atoms with E-state index in [0.717, 1.165) is 57.7 Å². The zero-order valence-corrected chi connectivity index (χ0v) is 13.4. The highest BCUT2D eigenvalue weighted by atomic mass is 35.5. The van der Waals surface area contributed by atoms with Gasteiger partial charge < -0.3 is 15.5 Å². The monoisotopic (exact) mass is 323 g/mol. The normalized spacial score (nSPS) is 25.2. The highest BCUT2D eigenvalue weighted by molar-refractivity contribution is 6.32. The molecule has 0 spiro atoms. The second-order valence-electron chi connectivity index (χ2n) is 6.04. The number of carbonyl (C=O) groups excluding carboxylic acids is 1. The second kappa shape index (κ2) is 7.24. The molecule has 0 saturated carbocycles. The Morgan fingerprint density at radius 2 is 2.36 bits per heavy atom. The first-order chi connectivity index (χ1) is 10.7. The van der Waals surface area contributed by atoms with Crippen molar-refractivity contribution in [3.05, 3.63) is 17.5 Å². The van der Waals surface area contributed by atoms with Crippen molar-refractivity contribution >= 4 is 23.3 Å². The molecule has 7 heteroatoms. The van der Waals surface area contributed by atoms with Gasteiger partial charge in [0.15, 0.2) is 5.82 Å². The van der Waals surface area contributed by atoms with Gasteiger partial charge in [-0.25, -0.2) is 9.97 Å². The van der Waals surface area contributed by atoms with Crippen molar-refractivity contribution in [1.29, 1.82) is 0 Å². The Bertz CT molecular complexity index is 520. The van der Waals surface area contributed by atoms with Crippen LogP contribution in [-0.2, 0) is 4.79 Å². The maximum absolute atomic E-state index is 12.1. The summed E-state index contributed by atoms with van der Waals surface area (Å²) in [4.78, 5) is 22.5. The summed E-state index contributed by atoms with van der Waals surface area (Å²) in [5.74, 6) is 1.37. The molecule has 22 heavy (non-hydrogen) atoms. The van der Waals surface area contributed by atoms with Crippen LogP contribution in [0, 0.1) is 5.92 Å². The van der Waals surface area contributed by atoms with E-state index in [1.54, 1.807) is 6.20 Å². The molecule has 1 amide bonds. The van der Waals surface area contributed by atoms with Gasteiger partial charge in [-0.1, -0.05) is 11.6 Å². The number of rotatable bonds is 4. The van der Waals surface area contributed by atoms with Crippen LogP contribution in [0.4, 0.5) is 5.82 Å². The van der Waals surface area contributed by atoms with E-state index < -0.39 is 0 Å². The van der Waals surface area contributed by atoms with Gasteiger partial charge in [0.1, 0.15) is 11.3 Å². The average Bonchev–Trinajstić information content (AvgIpc) is 3.08. The fraction of sp³-hybridized carbons (Fsp3) is 0.667. The SMILES string of the molecule is O=C(NCC1CCCN(c2ncncc2Cl)C1)C1CCCN1. The summed E-state index contributed by atoms with van der Waals surface area (Å²) >= 11 is 6.17. The minimum Gasteiger partial charge on any atom is -0.355 e. The number of anilines is 1. The Morgan fingerprint density at radius 3 is 3.14 bits per heavy atom. The molecule has 2 saturated heterocycles. The lowest BCUT2D eigenvalue weighted by Crippen LogP contribution is -2.45. The topological polar surface area (TPSA) is 70.2 Å². The summed E-state index contributed by atoms with van der Waals surface area (Å²) in [6.07, 6.45) is 7.39. The molecule has 0 bridgehead atoms. The summed E-state index contributed by atoms with van der Waals surface area (Å²) in [6.45, 7) is 3.48. The van der Waals surface area contributed by atoms with E-state index in [-0.39, 0.29) is 11.9 Å². The number of aromatic nitrogens is 2. The largest absolute Gasteiger partial charge is 0.355 e. The number of halogens is 1. The van der Waals surface area contributed by atoms with E-state index in [0.29, 0.717) is 10.9 Å². The second-order valence-corrected chi connectivity index (χ2v) is 6.45. The van der Waals surface area contributed by atoms with Crippen LogP contribution in [0.3, 0.4) is 0 Å². The van der Waals surface area contributed by atoms with Crippen LogP contribution >= 0.6 is 11.6 Å². The summed E-state index contributed by atoms with van der Waals surface area (Å²) in [7, 11) is 0. The molecule has 3 heterocycles. The van der Waals surface area contributed by atoms with E-state index in [1.165, 1.54) is 6.33 Å². The fourth-order valence-electron chi connectivity index (χ4n) is 3.24. The molecule has 2 aliphatic heterocycles. The third-order valence-corrected chi connectivity index (χ3v) is 4.68. The van der Waals surface area contributed by atoms with Crippen LogP contribution in [0.1, 0.15) is 25.7 Å². The van der Waals surface area contributed by atoms with Crippen molar-refractivity contribution in [2.24, 2.45) is 5.92 Å². The van der Waals surface area contributed by atoms with Gasteiger partial charge in [0.05, 0.1) is 12.2 Å². The Kier molecular flexibility index (Phi) is 5.10. The number of nitrogens with one attached hydrogen (secondary N) is 2. The highest BCUT2D eigenvalue weighted by Crippen LogP contribution is 2.26. The molecule has 2 N–H and O–H groups in total. The number of hydrogen-bond acceptors (Lipinski definition) is 5. The Morgan fingerprint density at radius 1 is 1.45 bits per heavy atom. The lowest BCUT2D eigenvalue weighted by atomic mass is 9.98. The lowest BCUT2D eigenvalue weighted by molar-refractivity contribution is -0.122. The standard InChI is InChI=1S/C15H22ClN5O/c16-12-8-17-10-20-14(12)21-6-2-3-11(9-21)7-19-15(22)13-4-1-5-18-13/h8,10-11,13,18H,1-7,9H2,(H,19,22). The summed E-state index contributed by atoms with van der Waals surface area (Å²) < 4.78 is 0. The van der Waals surface area contributed by atoms with Crippen molar-refractivity contribution in [2.45, 2.75) is 31.7 Å². The maximum Gasteiger partial charge on any atom is 0.237 e. The lowest BCUT2D eigenvalue weighted by Gasteiger charge is -2.34. The van der Waals surface area contributed by atoms with Crippen LogP contribution in [0.5, 0.6) is 0 Å². The van der Waals surface area contributed by atoms with E-state index >= 15 is 0 Å². The van der Waals surface area contributed by atoms with Gasteiger partial charge in [-0.15, -0.1) is 0 Å². The predicted octanol–water partition coefficient (Wildman–Crippen LogP) is 1.21. The molecule has 0 aromatic carbocycles. The smallest absolute Gasteiger partial charge is 0.237 e. The molecule has 2 unspecified atom stereocenters. The predicted molar refractivity (Wildman–Crippen MR) is 86.0 cm³/mol. The first-order valence-electron chi connectivity index (χ1n) is 7.95. The van der Waals surface area contributed by atoms with Gasteiger partial charge in [0.25, 0.3) is 0 Å². The molecule has 0 radical (unpaired) electrons. The first-order valence-corrected chi connectivity index (χ1v) is 8.33. The van der Waals surface area contributed by atoms with Gasteiger partial charge in [-0.2, -0.15) is 0 Å². The van der Waals surface area contributed by atoms with E-state index in [9.17, 15) is 4.79 Å². The maximum atomic E-state index is 12.1. The van der Waals surface area contributed by atoms with Crippen molar-refractivity contribution < 1.29 is 4.79 Å². The van der Waals surface area contributed by atoms with Crippen LogP contribution in [0.25, 0.3) is 0 Å². The number of amides is 1. The van der Waals surface area contributed by atoms with Crippen LogP contribution < -0.4 is 15.5 Å². The quantitative estimate of drug-likeness (QED) is 0.871. The molecule has 2 aliphatic rings. The molecular formula is C15H22ClN5O. The highest BCUT2D eigenvalue weighted by Gasteiger charge is 2.25. The zero-order valence-electron chi connectivity index (χ0n) is 12.6. The van der Waals surface area contributed by atoms with Gasteiger partial charge in [-0.05, 0) is 38.1 Å². The summed E-state index contributed by atoms with van der Waals surface area (Å²) in [5.41, 5.74) is 0. The molecule has 0 aliphatic carbocycles. The van der Waals surface area contributed by atoms with E-state index in [1.807, 2.05) is 0 Å². The zero-order chi connectivity index (χ0) is 15.4. The molecule has 1 aromatic heterocycles. The Hall–Kier alpha value is -1.40. The van der Waals surface area contributed by atoms with E-state index in [2.05, 4.69) is 25.5 Å². The van der Waals surface area contributed by atoms with Crippen LogP contribution in [0.15, 0.2) is 12.5 Å². The number of piperidine rings is 1. The molecule has 3 rings (SSSR count). The van der Waals surface area contributed by atoms with Crippen LogP contribution in [0.2, 0.25) is 5.02 Å². The minimum atomic E-state index is -0.00370. The van der Waals surface area contributed by atoms with Gasteiger partial charge in [0, 0.05) is 19.6 Å². The molecule has 2 atom stereocenters. The molecule has 6 nitrogen and oxygen atoms in total. The molecule has 1 aromatic rings. The van der Waals surface area contributed by atoms with Crippen molar-refractivity contribution in [1.82, 2.24) is 20.6 Å². The minimum absolute atomic E-state index is 0.00370. The summed E-state index contributed by atoms with van der Waals surface area (Å²) in [5, 5.41) is 6.90. The Balaban J connectivity index is 1.52. The molecular weight excluding hydrogens is 302 g/mol. The Labute approximate surface area is 135 Å². The van der Waals surface area contributed by atoms with Crippen molar-refractivity contribution in [3.63, 3.8) is 0 Å². The van der Waals surface area contributed by atoms with Gasteiger partial charge >= 0.3 is 0 Å². The number of nitrogens with zero attached hydrogens (tertiary/aromatic N) is 3. The van der Waals surface area contributed by atoms with Crippen LogP contribution in [-0.4, -0.2) is 48.1 Å². The van der Waals surface area contributed by atoms with Crippen molar-refractivity contribution in [3.8, 4) is 0 Å². The fourth-order valence-corrected chi connectivity index (χ4v) is 3.46. The molecule has 120 valence electrons.